The van der Waals surface area contributed by atoms with Gasteiger partial charge >= 0.3 is 0 Å². The molecule has 24 heavy (non-hydrogen) atoms. The van der Waals surface area contributed by atoms with E-state index in [9.17, 15) is 4.79 Å². The number of aromatic nitrogens is 3. The average Bonchev–Trinajstić information content (AvgIpc) is 3.10. The Morgan fingerprint density at radius 3 is 2.79 bits per heavy atom. The number of carbonyl (C=O) groups excluding carboxylic acids is 1. The minimum Gasteiger partial charge on any atom is -0.351 e. The van der Waals surface area contributed by atoms with E-state index in [1.165, 1.54) is 10.4 Å². The SMILES string of the molecule is Cc1cc2nc(C)c(CCC(=O)NCc3sccc3C)c(C)n2n1. The second-order valence-corrected chi connectivity index (χ2v) is 7.12. The summed E-state index contributed by atoms with van der Waals surface area (Å²) < 4.78 is 1.87. The van der Waals surface area contributed by atoms with Crippen LogP contribution in [0.5, 0.6) is 0 Å². The van der Waals surface area contributed by atoms with Crippen LogP contribution in [0.25, 0.3) is 5.65 Å². The molecule has 0 unspecified atom stereocenters. The minimum atomic E-state index is 0.0679. The van der Waals surface area contributed by atoms with Crippen LogP contribution in [-0.2, 0) is 17.8 Å². The Morgan fingerprint density at radius 2 is 2.08 bits per heavy atom. The number of amides is 1. The molecule has 0 aromatic carbocycles. The van der Waals surface area contributed by atoms with Gasteiger partial charge in [0.05, 0.1) is 12.2 Å². The predicted molar refractivity (Wildman–Crippen MR) is 96.4 cm³/mol. The third kappa shape index (κ3) is 3.33. The van der Waals surface area contributed by atoms with E-state index >= 15 is 0 Å². The molecule has 0 aliphatic carbocycles. The lowest BCUT2D eigenvalue weighted by Crippen LogP contribution is -2.23. The molecule has 5 nitrogen and oxygen atoms in total. The summed E-state index contributed by atoms with van der Waals surface area (Å²) in [6.45, 7) is 8.67. The van der Waals surface area contributed by atoms with Gasteiger partial charge in [0, 0.05) is 28.8 Å². The van der Waals surface area contributed by atoms with Gasteiger partial charge in [0.15, 0.2) is 5.65 Å². The van der Waals surface area contributed by atoms with E-state index < -0.39 is 0 Å². The fraction of sp³-hybridized carbons (Fsp3) is 0.389. The summed E-state index contributed by atoms with van der Waals surface area (Å²) in [5, 5.41) is 9.53. The van der Waals surface area contributed by atoms with Crippen LogP contribution in [0.1, 0.15) is 39.5 Å². The molecular weight excluding hydrogens is 320 g/mol. The Morgan fingerprint density at radius 1 is 1.29 bits per heavy atom. The van der Waals surface area contributed by atoms with Gasteiger partial charge in [-0.05, 0) is 56.7 Å². The number of carbonyl (C=O) groups is 1. The Labute approximate surface area is 145 Å². The van der Waals surface area contributed by atoms with E-state index in [0.29, 0.717) is 19.4 Å². The van der Waals surface area contributed by atoms with Crippen LogP contribution < -0.4 is 5.32 Å². The standard InChI is InChI=1S/C18H22N4OS/c1-11-7-8-24-16(11)10-19-18(23)6-5-15-13(3)20-17-9-12(2)21-22(17)14(15)4/h7-9H,5-6,10H2,1-4H3,(H,19,23). The highest BCUT2D eigenvalue weighted by molar-refractivity contribution is 7.10. The number of nitrogens with zero attached hydrogens (tertiary/aromatic N) is 3. The zero-order valence-electron chi connectivity index (χ0n) is 14.5. The summed E-state index contributed by atoms with van der Waals surface area (Å²) in [4.78, 5) is 18.0. The van der Waals surface area contributed by atoms with E-state index in [0.717, 1.165) is 28.3 Å². The summed E-state index contributed by atoms with van der Waals surface area (Å²) in [6, 6.07) is 4.05. The third-order valence-electron chi connectivity index (χ3n) is 4.30. The Balaban J connectivity index is 1.66. The number of hydrogen-bond donors (Lipinski definition) is 1. The Hall–Kier alpha value is -2.21. The van der Waals surface area contributed by atoms with Crippen molar-refractivity contribution in [3.8, 4) is 0 Å². The molecule has 0 aliphatic heterocycles. The van der Waals surface area contributed by atoms with Gasteiger partial charge in [-0.25, -0.2) is 9.50 Å². The number of hydrogen-bond acceptors (Lipinski definition) is 4. The normalized spacial score (nSPS) is 11.2. The zero-order valence-corrected chi connectivity index (χ0v) is 15.3. The molecule has 0 aliphatic rings. The Kier molecular flexibility index (Phi) is 4.66. The van der Waals surface area contributed by atoms with Crippen molar-refractivity contribution in [2.24, 2.45) is 0 Å². The maximum absolute atomic E-state index is 12.2. The van der Waals surface area contributed by atoms with E-state index in [-0.39, 0.29) is 5.91 Å². The summed E-state index contributed by atoms with van der Waals surface area (Å²) in [5.74, 6) is 0.0679. The smallest absolute Gasteiger partial charge is 0.220 e. The van der Waals surface area contributed by atoms with Crippen LogP contribution in [0, 0.1) is 27.7 Å². The van der Waals surface area contributed by atoms with Crippen molar-refractivity contribution in [2.45, 2.75) is 47.1 Å². The van der Waals surface area contributed by atoms with E-state index in [1.54, 1.807) is 11.3 Å². The lowest BCUT2D eigenvalue weighted by atomic mass is 10.1. The predicted octanol–water partition coefficient (Wildman–Crippen LogP) is 3.27. The average molecular weight is 342 g/mol. The molecule has 1 amide bonds. The fourth-order valence-electron chi connectivity index (χ4n) is 2.89. The maximum atomic E-state index is 12.2. The van der Waals surface area contributed by atoms with E-state index in [4.69, 9.17) is 0 Å². The quantitative estimate of drug-likeness (QED) is 0.774. The van der Waals surface area contributed by atoms with Crippen molar-refractivity contribution in [3.63, 3.8) is 0 Å². The van der Waals surface area contributed by atoms with Gasteiger partial charge in [0.2, 0.25) is 5.91 Å². The third-order valence-corrected chi connectivity index (χ3v) is 5.33. The first-order valence-corrected chi connectivity index (χ1v) is 8.96. The number of rotatable bonds is 5. The molecule has 6 heteroatoms. The zero-order chi connectivity index (χ0) is 17.3. The van der Waals surface area contributed by atoms with Gasteiger partial charge in [-0.1, -0.05) is 0 Å². The summed E-state index contributed by atoms with van der Waals surface area (Å²) >= 11 is 1.68. The first-order chi connectivity index (χ1) is 11.5. The number of fused-ring (bicyclic) bond motifs is 1. The molecular formula is C18H22N4OS. The van der Waals surface area contributed by atoms with E-state index in [1.807, 2.05) is 31.4 Å². The lowest BCUT2D eigenvalue weighted by Gasteiger charge is -2.11. The molecule has 1 N–H and O–H groups in total. The monoisotopic (exact) mass is 342 g/mol. The number of aryl methyl sites for hydroxylation is 4. The van der Waals surface area contributed by atoms with Crippen molar-refractivity contribution >= 4 is 22.9 Å². The summed E-state index contributed by atoms with van der Waals surface area (Å²) in [5.41, 5.74) is 6.19. The second-order valence-electron chi connectivity index (χ2n) is 6.12. The van der Waals surface area contributed by atoms with Crippen molar-refractivity contribution in [1.29, 1.82) is 0 Å². The van der Waals surface area contributed by atoms with Gasteiger partial charge in [-0.2, -0.15) is 5.10 Å². The van der Waals surface area contributed by atoms with Crippen LogP contribution in [0.2, 0.25) is 0 Å². The topological polar surface area (TPSA) is 59.3 Å². The fourth-order valence-corrected chi connectivity index (χ4v) is 3.74. The van der Waals surface area contributed by atoms with Gasteiger partial charge in [0.25, 0.3) is 0 Å². The summed E-state index contributed by atoms with van der Waals surface area (Å²) in [7, 11) is 0. The molecule has 3 rings (SSSR count). The van der Waals surface area contributed by atoms with Crippen molar-refractivity contribution in [2.75, 3.05) is 0 Å². The van der Waals surface area contributed by atoms with Crippen LogP contribution in [0.3, 0.4) is 0 Å². The van der Waals surface area contributed by atoms with Gasteiger partial charge in [-0.15, -0.1) is 11.3 Å². The highest BCUT2D eigenvalue weighted by Gasteiger charge is 2.13. The number of nitrogens with one attached hydrogen (secondary N) is 1. The van der Waals surface area contributed by atoms with Crippen LogP contribution in [0.15, 0.2) is 17.5 Å². The highest BCUT2D eigenvalue weighted by atomic mass is 32.1. The summed E-state index contributed by atoms with van der Waals surface area (Å²) in [6.07, 6.45) is 1.13. The molecule has 3 aromatic rings. The molecule has 3 heterocycles. The molecule has 0 fully saturated rings. The molecule has 0 atom stereocenters. The molecule has 0 radical (unpaired) electrons. The minimum absolute atomic E-state index is 0.0679. The molecule has 0 saturated heterocycles. The van der Waals surface area contributed by atoms with Crippen LogP contribution >= 0.6 is 11.3 Å². The maximum Gasteiger partial charge on any atom is 0.220 e. The largest absolute Gasteiger partial charge is 0.351 e. The van der Waals surface area contributed by atoms with Crippen molar-refractivity contribution in [3.05, 3.63) is 50.6 Å². The van der Waals surface area contributed by atoms with Crippen LogP contribution in [0.4, 0.5) is 0 Å². The second kappa shape index (κ2) is 6.73. The molecule has 0 bridgehead atoms. The van der Waals surface area contributed by atoms with Crippen LogP contribution in [-0.4, -0.2) is 20.5 Å². The Bertz CT molecular complexity index is 894. The van der Waals surface area contributed by atoms with Gasteiger partial charge in [-0.3, -0.25) is 4.79 Å². The molecule has 0 saturated carbocycles. The molecule has 126 valence electrons. The highest BCUT2D eigenvalue weighted by Crippen LogP contribution is 2.18. The first-order valence-electron chi connectivity index (χ1n) is 8.08. The van der Waals surface area contributed by atoms with Gasteiger partial charge in [0.1, 0.15) is 0 Å². The van der Waals surface area contributed by atoms with Crippen molar-refractivity contribution in [1.82, 2.24) is 19.9 Å². The van der Waals surface area contributed by atoms with E-state index in [2.05, 4.69) is 33.8 Å². The number of thiophene rings is 1. The lowest BCUT2D eigenvalue weighted by molar-refractivity contribution is -0.121. The molecule has 0 spiro atoms. The van der Waals surface area contributed by atoms with Crippen molar-refractivity contribution < 1.29 is 4.79 Å². The molecule has 3 aromatic heterocycles. The first kappa shape index (κ1) is 16.6. The van der Waals surface area contributed by atoms with Gasteiger partial charge < -0.3 is 5.32 Å².